The zero-order chi connectivity index (χ0) is 10.7. The van der Waals surface area contributed by atoms with Crippen molar-refractivity contribution < 1.29 is 23.1 Å². The van der Waals surface area contributed by atoms with Crippen molar-refractivity contribution in [3.05, 3.63) is 41.2 Å². The normalized spacial score (nSPS) is 11.5. The molecule has 0 aromatic heterocycles. The van der Waals surface area contributed by atoms with Gasteiger partial charge in [-0.3, -0.25) is 0 Å². The summed E-state index contributed by atoms with van der Waals surface area (Å²) in [6.07, 6.45) is 0.299. The molecule has 1 aromatic rings. The smallest absolute Gasteiger partial charge is 0.364 e. The maximum Gasteiger partial charge on any atom is 0.364 e. The molecule has 1 N–H and O–H groups in total. The SMILES string of the molecule is O=C(O)C(F)=Cc1c(F)cccc1F. The zero-order valence-corrected chi connectivity index (χ0v) is 6.80. The van der Waals surface area contributed by atoms with E-state index >= 15 is 0 Å². The van der Waals surface area contributed by atoms with Crippen LogP contribution >= 0.6 is 0 Å². The Hall–Kier alpha value is -1.78. The van der Waals surface area contributed by atoms with Gasteiger partial charge in [-0.25, -0.2) is 13.6 Å². The van der Waals surface area contributed by atoms with Gasteiger partial charge in [-0.05, 0) is 18.2 Å². The van der Waals surface area contributed by atoms with Gasteiger partial charge in [0.05, 0.1) is 0 Å². The fraction of sp³-hybridized carbons (Fsp3) is 0. The van der Waals surface area contributed by atoms with Crippen LogP contribution in [0.5, 0.6) is 0 Å². The molecule has 0 aliphatic heterocycles. The topological polar surface area (TPSA) is 37.3 Å². The van der Waals surface area contributed by atoms with E-state index in [1.54, 1.807) is 0 Å². The largest absolute Gasteiger partial charge is 0.476 e. The second-order valence-corrected chi connectivity index (χ2v) is 2.43. The van der Waals surface area contributed by atoms with Crippen LogP contribution in [-0.4, -0.2) is 11.1 Å². The van der Waals surface area contributed by atoms with Gasteiger partial charge in [0.2, 0.25) is 5.83 Å². The molecule has 0 bridgehead atoms. The standard InChI is InChI=1S/C9H5F3O2/c10-6-2-1-3-7(11)5(6)4-8(12)9(13)14/h1-4H,(H,13,14). The van der Waals surface area contributed by atoms with Gasteiger partial charge in [0, 0.05) is 5.56 Å². The van der Waals surface area contributed by atoms with Crippen LogP contribution in [0.1, 0.15) is 5.56 Å². The summed E-state index contributed by atoms with van der Waals surface area (Å²) in [7, 11) is 0. The van der Waals surface area contributed by atoms with Gasteiger partial charge in [-0.2, -0.15) is 4.39 Å². The van der Waals surface area contributed by atoms with Gasteiger partial charge >= 0.3 is 5.97 Å². The lowest BCUT2D eigenvalue weighted by Gasteiger charge is -1.97. The summed E-state index contributed by atoms with van der Waals surface area (Å²) >= 11 is 0. The first-order valence-corrected chi connectivity index (χ1v) is 3.57. The number of carboxylic acids is 1. The van der Waals surface area contributed by atoms with E-state index in [9.17, 15) is 18.0 Å². The van der Waals surface area contributed by atoms with Gasteiger partial charge in [0.25, 0.3) is 0 Å². The average molecular weight is 202 g/mol. The highest BCUT2D eigenvalue weighted by molar-refractivity contribution is 5.89. The Balaban J connectivity index is 3.20. The second kappa shape index (κ2) is 3.95. The Labute approximate surface area is 77.3 Å². The number of carboxylic acid groups (broad SMARTS) is 1. The first kappa shape index (κ1) is 10.3. The molecule has 0 fully saturated rings. The minimum absolute atomic E-state index is 0.299. The zero-order valence-electron chi connectivity index (χ0n) is 6.80. The summed E-state index contributed by atoms with van der Waals surface area (Å²) < 4.78 is 38.2. The number of aliphatic carboxylic acids is 1. The highest BCUT2D eigenvalue weighted by Gasteiger charge is 2.10. The van der Waals surface area contributed by atoms with E-state index in [-0.39, 0.29) is 0 Å². The predicted octanol–water partition coefficient (Wildman–Crippen LogP) is 2.36. The van der Waals surface area contributed by atoms with Gasteiger partial charge in [-0.1, -0.05) is 6.07 Å². The lowest BCUT2D eigenvalue weighted by Crippen LogP contribution is -1.96. The van der Waals surface area contributed by atoms with Crippen LogP contribution in [0, 0.1) is 11.6 Å². The highest BCUT2D eigenvalue weighted by Crippen LogP contribution is 2.16. The molecule has 0 saturated carbocycles. The van der Waals surface area contributed by atoms with Crippen molar-refractivity contribution in [1.29, 1.82) is 0 Å². The minimum atomic E-state index is -1.87. The molecule has 5 heteroatoms. The van der Waals surface area contributed by atoms with E-state index in [2.05, 4.69) is 0 Å². The molecule has 0 aliphatic rings. The van der Waals surface area contributed by atoms with E-state index in [0.717, 1.165) is 18.2 Å². The molecule has 0 saturated heterocycles. The van der Waals surface area contributed by atoms with Crippen molar-refractivity contribution in [3.8, 4) is 0 Å². The molecule has 0 heterocycles. The Morgan fingerprint density at radius 3 is 2.21 bits per heavy atom. The predicted molar refractivity (Wildman–Crippen MR) is 43.1 cm³/mol. The van der Waals surface area contributed by atoms with Gasteiger partial charge < -0.3 is 5.11 Å². The van der Waals surface area contributed by atoms with E-state index in [4.69, 9.17) is 5.11 Å². The molecule has 14 heavy (non-hydrogen) atoms. The van der Waals surface area contributed by atoms with Crippen molar-refractivity contribution >= 4 is 12.0 Å². The van der Waals surface area contributed by atoms with Crippen molar-refractivity contribution in [3.63, 3.8) is 0 Å². The Morgan fingerprint density at radius 1 is 1.29 bits per heavy atom. The first-order valence-electron chi connectivity index (χ1n) is 3.57. The number of rotatable bonds is 2. The molecule has 0 radical (unpaired) electrons. The maximum absolute atomic E-state index is 12.8. The van der Waals surface area contributed by atoms with Crippen molar-refractivity contribution in [2.45, 2.75) is 0 Å². The minimum Gasteiger partial charge on any atom is -0.476 e. The molecular weight excluding hydrogens is 197 g/mol. The third-order valence-electron chi connectivity index (χ3n) is 1.48. The molecule has 0 spiro atoms. The number of hydrogen-bond acceptors (Lipinski definition) is 1. The lowest BCUT2D eigenvalue weighted by atomic mass is 10.2. The van der Waals surface area contributed by atoms with Crippen LogP contribution < -0.4 is 0 Å². The molecule has 0 aliphatic carbocycles. The van der Waals surface area contributed by atoms with Crippen LogP contribution in [-0.2, 0) is 4.79 Å². The van der Waals surface area contributed by atoms with Gasteiger partial charge in [0.15, 0.2) is 0 Å². The van der Waals surface area contributed by atoms with Crippen LogP contribution in [0.15, 0.2) is 24.0 Å². The third-order valence-corrected chi connectivity index (χ3v) is 1.48. The fourth-order valence-corrected chi connectivity index (χ4v) is 0.837. The summed E-state index contributed by atoms with van der Waals surface area (Å²) in [6.45, 7) is 0. The molecule has 1 rings (SSSR count). The Kier molecular flexibility index (Phi) is 2.91. The molecule has 0 unspecified atom stereocenters. The van der Waals surface area contributed by atoms with E-state index < -0.39 is 29.0 Å². The average Bonchev–Trinajstić information content (AvgIpc) is 2.11. The molecular formula is C9H5F3O2. The molecule has 0 atom stereocenters. The van der Waals surface area contributed by atoms with E-state index in [0.29, 0.717) is 6.08 Å². The summed E-state index contributed by atoms with van der Waals surface area (Å²) in [5, 5.41) is 8.14. The highest BCUT2D eigenvalue weighted by atomic mass is 19.1. The Morgan fingerprint density at radius 2 is 1.79 bits per heavy atom. The number of halogens is 3. The van der Waals surface area contributed by atoms with Gasteiger partial charge in [-0.15, -0.1) is 0 Å². The summed E-state index contributed by atoms with van der Waals surface area (Å²) in [5.74, 6) is -5.51. The molecule has 1 aromatic carbocycles. The molecule has 2 nitrogen and oxygen atoms in total. The van der Waals surface area contributed by atoms with Gasteiger partial charge in [0.1, 0.15) is 11.6 Å². The second-order valence-electron chi connectivity index (χ2n) is 2.43. The first-order chi connectivity index (χ1) is 6.52. The quantitative estimate of drug-likeness (QED) is 0.747. The van der Waals surface area contributed by atoms with Crippen molar-refractivity contribution in [2.75, 3.05) is 0 Å². The summed E-state index contributed by atoms with van der Waals surface area (Å²) in [6, 6.07) is 2.91. The maximum atomic E-state index is 12.8. The number of hydrogen-bond donors (Lipinski definition) is 1. The van der Waals surface area contributed by atoms with Crippen LogP contribution in [0.25, 0.3) is 6.08 Å². The van der Waals surface area contributed by atoms with Crippen molar-refractivity contribution in [2.24, 2.45) is 0 Å². The monoisotopic (exact) mass is 202 g/mol. The van der Waals surface area contributed by atoms with Crippen LogP contribution in [0.4, 0.5) is 13.2 Å². The molecule has 74 valence electrons. The number of carbonyl (C=O) groups is 1. The van der Waals surface area contributed by atoms with E-state index in [1.165, 1.54) is 0 Å². The van der Waals surface area contributed by atoms with Crippen LogP contribution in [0.2, 0.25) is 0 Å². The third kappa shape index (κ3) is 2.12. The molecule has 0 amide bonds. The Bertz CT molecular complexity index is 379. The summed E-state index contributed by atoms with van der Waals surface area (Å²) in [5.41, 5.74) is -0.701. The van der Waals surface area contributed by atoms with E-state index in [1.807, 2.05) is 0 Å². The fourth-order valence-electron chi connectivity index (χ4n) is 0.837. The van der Waals surface area contributed by atoms with Crippen LogP contribution in [0.3, 0.4) is 0 Å². The number of benzene rings is 1. The lowest BCUT2D eigenvalue weighted by molar-refractivity contribution is -0.134. The summed E-state index contributed by atoms with van der Waals surface area (Å²) in [4.78, 5) is 10.0. The van der Waals surface area contributed by atoms with Crippen molar-refractivity contribution in [1.82, 2.24) is 0 Å².